The summed E-state index contributed by atoms with van der Waals surface area (Å²) >= 11 is 0. The number of hydrogen-bond donors (Lipinski definition) is 3. The van der Waals surface area contributed by atoms with E-state index >= 15 is 0 Å². The zero-order chi connectivity index (χ0) is 16.9. The molecule has 124 valence electrons. The molecule has 0 radical (unpaired) electrons. The van der Waals surface area contributed by atoms with Crippen LogP contribution in [0.15, 0.2) is 28.8 Å². The molecule has 23 heavy (non-hydrogen) atoms. The van der Waals surface area contributed by atoms with Gasteiger partial charge in [0.05, 0.1) is 6.20 Å². The summed E-state index contributed by atoms with van der Waals surface area (Å²) in [7, 11) is 0. The summed E-state index contributed by atoms with van der Waals surface area (Å²) in [4.78, 5) is 14.6. The molecule has 4 N–H and O–H groups in total. The number of nitrogens with two attached hydrogens (primary N) is 1. The Morgan fingerprint density at radius 3 is 2.87 bits per heavy atom. The highest BCUT2D eigenvalue weighted by Gasteiger charge is 2.38. The van der Waals surface area contributed by atoms with E-state index in [4.69, 9.17) is 5.73 Å². The number of rotatable bonds is 6. The molecular formula is C11H13F3N8O. The van der Waals surface area contributed by atoms with Gasteiger partial charge < -0.3 is 15.6 Å². The number of nitrogens with one attached hydrogen (secondary N) is 2. The first-order valence-corrected chi connectivity index (χ1v) is 6.44. The summed E-state index contributed by atoms with van der Waals surface area (Å²) in [5, 5.41) is 15.7. The van der Waals surface area contributed by atoms with Crippen molar-refractivity contribution >= 4 is 23.4 Å². The van der Waals surface area contributed by atoms with Crippen LogP contribution in [0.3, 0.4) is 0 Å². The number of alkyl halides is 3. The number of H-pyrrole nitrogens is 1. The van der Waals surface area contributed by atoms with Crippen LogP contribution in [0.1, 0.15) is 6.42 Å². The maximum Gasteiger partial charge on any atom is 0.471 e. The molecule has 0 saturated heterocycles. The average Bonchev–Trinajstić information content (AvgIpc) is 3.09. The lowest BCUT2D eigenvalue weighted by atomic mass is 10.4. The minimum absolute atomic E-state index is 0.123. The number of carbonyl (C=O) groups is 1. The van der Waals surface area contributed by atoms with E-state index < -0.39 is 12.1 Å². The molecule has 0 unspecified atom stereocenters. The molecule has 12 heteroatoms. The number of aromatic amines is 1. The van der Waals surface area contributed by atoms with Gasteiger partial charge >= 0.3 is 12.1 Å². The number of hydrogen-bond acceptors (Lipinski definition) is 6. The van der Waals surface area contributed by atoms with E-state index in [0.717, 1.165) is 0 Å². The fraction of sp³-hybridized carbons (Fsp3) is 0.364. The molecule has 0 saturated carbocycles. The third kappa shape index (κ3) is 4.52. The first-order chi connectivity index (χ1) is 10.9. The van der Waals surface area contributed by atoms with Crippen molar-refractivity contribution in [1.29, 1.82) is 0 Å². The van der Waals surface area contributed by atoms with Crippen LogP contribution in [0.2, 0.25) is 0 Å². The molecule has 2 rings (SSSR count). The molecule has 0 bridgehead atoms. The predicted octanol–water partition coefficient (Wildman–Crippen LogP) is 1.67. The first-order valence-electron chi connectivity index (χ1n) is 6.44. The molecule has 0 atom stereocenters. The number of nitrogen functional groups attached to an aromatic ring is 1. The van der Waals surface area contributed by atoms with Crippen LogP contribution in [-0.4, -0.2) is 38.4 Å². The smallest absolute Gasteiger partial charge is 0.382 e. The van der Waals surface area contributed by atoms with E-state index in [1.165, 1.54) is 12.4 Å². The summed E-state index contributed by atoms with van der Waals surface area (Å²) in [6, 6.07) is 0. The Kier molecular flexibility index (Phi) is 4.93. The van der Waals surface area contributed by atoms with Crippen molar-refractivity contribution in [3.05, 3.63) is 18.6 Å². The van der Waals surface area contributed by atoms with Gasteiger partial charge in [-0.1, -0.05) is 0 Å². The van der Waals surface area contributed by atoms with Crippen LogP contribution in [0.5, 0.6) is 0 Å². The third-order valence-electron chi connectivity index (χ3n) is 2.71. The lowest BCUT2D eigenvalue weighted by Gasteiger charge is -2.08. The number of azo groups is 1. The van der Waals surface area contributed by atoms with Gasteiger partial charge in [-0.15, -0.1) is 10.2 Å². The maximum atomic E-state index is 12.0. The third-order valence-corrected chi connectivity index (χ3v) is 2.71. The second kappa shape index (κ2) is 6.89. The van der Waals surface area contributed by atoms with Crippen LogP contribution < -0.4 is 11.1 Å². The normalized spacial score (nSPS) is 12.0. The molecule has 0 aliphatic rings. The molecule has 0 aliphatic carbocycles. The van der Waals surface area contributed by atoms with Gasteiger partial charge in [0.2, 0.25) is 5.95 Å². The van der Waals surface area contributed by atoms with Crippen LogP contribution >= 0.6 is 0 Å². The second-order valence-electron chi connectivity index (χ2n) is 4.40. The van der Waals surface area contributed by atoms with Crippen LogP contribution in [0.4, 0.5) is 30.6 Å². The fourth-order valence-corrected chi connectivity index (χ4v) is 1.60. The van der Waals surface area contributed by atoms with Gasteiger partial charge in [0.15, 0.2) is 0 Å². The number of aryl methyl sites for hydroxylation is 1. The standard InChI is InChI=1S/C11H13F3N8O/c12-11(13,14)9(23)16-2-1-4-22-5-3-17-10(22)21-19-7-6-18-20-8(7)15/h3,5-6H,1-2,4H2,(H,16,23)(H3,15,18,20). The highest BCUT2D eigenvalue weighted by atomic mass is 19.4. The number of halogens is 3. The van der Waals surface area contributed by atoms with E-state index in [0.29, 0.717) is 12.2 Å². The molecule has 0 aromatic carbocycles. The number of anilines is 1. The maximum absolute atomic E-state index is 12.0. The first kappa shape index (κ1) is 16.5. The van der Waals surface area contributed by atoms with E-state index in [9.17, 15) is 18.0 Å². The second-order valence-corrected chi connectivity index (χ2v) is 4.40. The average molecular weight is 330 g/mol. The van der Waals surface area contributed by atoms with Gasteiger partial charge in [0.25, 0.3) is 0 Å². The molecule has 2 aromatic rings. The van der Waals surface area contributed by atoms with E-state index in [-0.39, 0.29) is 24.7 Å². The van der Waals surface area contributed by atoms with Gasteiger partial charge in [-0.25, -0.2) is 4.98 Å². The monoisotopic (exact) mass is 330 g/mol. The Morgan fingerprint density at radius 1 is 1.43 bits per heavy atom. The van der Waals surface area contributed by atoms with E-state index in [1.54, 1.807) is 16.1 Å². The molecule has 0 fully saturated rings. The topological polar surface area (TPSA) is 126 Å². The highest BCUT2D eigenvalue weighted by Crippen LogP contribution is 2.20. The lowest BCUT2D eigenvalue weighted by molar-refractivity contribution is -0.173. The van der Waals surface area contributed by atoms with Crippen molar-refractivity contribution in [2.45, 2.75) is 19.1 Å². The molecule has 2 heterocycles. The van der Waals surface area contributed by atoms with Crippen molar-refractivity contribution in [3.63, 3.8) is 0 Å². The number of nitrogens with zero attached hydrogens (tertiary/aromatic N) is 5. The molecule has 0 aliphatic heterocycles. The molecule has 0 spiro atoms. The van der Waals surface area contributed by atoms with Gasteiger partial charge in [0.1, 0.15) is 11.5 Å². The largest absolute Gasteiger partial charge is 0.471 e. The summed E-state index contributed by atoms with van der Waals surface area (Å²) < 4.78 is 37.6. The van der Waals surface area contributed by atoms with Gasteiger partial charge in [-0.3, -0.25) is 9.89 Å². The summed E-state index contributed by atoms with van der Waals surface area (Å²) in [6.07, 6.45) is -0.147. The van der Waals surface area contributed by atoms with Gasteiger partial charge in [0, 0.05) is 25.5 Å². The fourth-order valence-electron chi connectivity index (χ4n) is 1.60. The Morgan fingerprint density at radius 2 is 2.22 bits per heavy atom. The van der Waals surface area contributed by atoms with Crippen LogP contribution in [0, 0.1) is 0 Å². The zero-order valence-corrected chi connectivity index (χ0v) is 11.7. The van der Waals surface area contributed by atoms with Crippen LogP contribution in [-0.2, 0) is 11.3 Å². The lowest BCUT2D eigenvalue weighted by Crippen LogP contribution is -2.37. The van der Waals surface area contributed by atoms with E-state index in [2.05, 4.69) is 25.4 Å². The van der Waals surface area contributed by atoms with E-state index in [1.807, 2.05) is 0 Å². The number of imidazole rings is 1. The zero-order valence-electron chi connectivity index (χ0n) is 11.7. The molecule has 2 aromatic heterocycles. The van der Waals surface area contributed by atoms with Crippen molar-refractivity contribution in [1.82, 2.24) is 25.1 Å². The minimum atomic E-state index is -4.88. The number of aromatic nitrogens is 4. The van der Waals surface area contributed by atoms with Gasteiger partial charge in [-0.05, 0) is 6.42 Å². The molecule has 1 amide bonds. The minimum Gasteiger partial charge on any atom is -0.382 e. The Bertz CT molecular complexity index is 690. The van der Waals surface area contributed by atoms with Crippen molar-refractivity contribution in [2.24, 2.45) is 10.2 Å². The molecular weight excluding hydrogens is 317 g/mol. The highest BCUT2D eigenvalue weighted by molar-refractivity contribution is 5.81. The quantitative estimate of drug-likeness (QED) is 0.550. The summed E-state index contributed by atoms with van der Waals surface area (Å²) in [5.74, 6) is -1.45. The number of amides is 1. The summed E-state index contributed by atoms with van der Waals surface area (Å²) in [5.41, 5.74) is 5.89. The Labute approximate surface area is 127 Å². The van der Waals surface area contributed by atoms with Crippen molar-refractivity contribution in [2.75, 3.05) is 12.3 Å². The SMILES string of the molecule is Nc1[nH]ncc1N=Nc1nccn1CCCNC(=O)C(F)(F)F. The Balaban J connectivity index is 1.86. The van der Waals surface area contributed by atoms with Crippen molar-refractivity contribution < 1.29 is 18.0 Å². The predicted molar refractivity (Wildman–Crippen MR) is 73.1 cm³/mol. The van der Waals surface area contributed by atoms with Gasteiger partial charge in [-0.2, -0.15) is 18.3 Å². The molecule has 9 nitrogen and oxygen atoms in total. The summed E-state index contributed by atoms with van der Waals surface area (Å²) in [6.45, 7) is 0.190. The Hall–Kier alpha value is -2.92. The van der Waals surface area contributed by atoms with Crippen molar-refractivity contribution in [3.8, 4) is 0 Å². The number of carbonyl (C=O) groups excluding carboxylic acids is 1. The van der Waals surface area contributed by atoms with Crippen LogP contribution in [0.25, 0.3) is 0 Å².